The molecule has 2 nitrogen and oxygen atoms in total. The monoisotopic (exact) mass is 171 g/mol. The predicted molar refractivity (Wildman–Crippen MR) is 50.9 cm³/mol. The van der Waals surface area contributed by atoms with Gasteiger partial charge in [-0.05, 0) is 19.3 Å². The third kappa shape index (κ3) is 4.07. The number of hydrogen-bond acceptors (Lipinski definition) is 2. The summed E-state index contributed by atoms with van der Waals surface area (Å²) in [4.78, 5) is 5.36. The van der Waals surface area contributed by atoms with Crippen LogP contribution in [0.1, 0.15) is 51.9 Å². The van der Waals surface area contributed by atoms with Gasteiger partial charge in [-0.3, -0.25) is 0 Å². The van der Waals surface area contributed by atoms with Crippen LogP contribution in [0.15, 0.2) is 0 Å². The molecule has 0 aromatic carbocycles. The quantitative estimate of drug-likeness (QED) is 0.507. The van der Waals surface area contributed by atoms with Gasteiger partial charge < -0.3 is 4.84 Å². The first-order valence-corrected chi connectivity index (χ1v) is 5.31. The summed E-state index contributed by atoms with van der Waals surface area (Å²) in [5, 5.41) is 0. The smallest absolute Gasteiger partial charge is 0.0682 e. The van der Waals surface area contributed by atoms with Gasteiger partial charge in [0.2, 0.25) is 0 Å². The summed E-state index contributed by atoms with van der Waals surface area (Å²) >= 11 is 0. The fourth-order valence-corrected chi connectivity index (χ4v) is 1.61. The lowest BCUT2D eigenvalue weighted by molar-refractivity contribution is 0.00582. The molecule has 0 saturated heterocycles. The van der Waals surface area contributed by atoms with E-state index in [1.54, 1.807) is 0 Å². The first kappa shape index (κ1) is 10.0. The fourth-order valence-electron chi connectivity index (χ4n) is 1.61. The Morgan fingerprint density at radius 3 is 2.67 bits per heavy atom. The molecule has 0 aromatic heterocycles. The molecular formula is C10H21NO. The van der Waals surface area contributed by atoms with Crippen LogP contribution >= 0.6 is 0 Å². The molecule has 0 radical (unpaired) electrons. The Morgan fingerprint density at radius 1 is 1.25 bits per heavy atom. The summed E-state index contributed by atoms with van der Waals surface area (Å²) in [6.07, 6.45) is 9.13. The maximum Gasteiger partial charge on any atom is 0.0682 e. The molecule has 0 atom stereocenters. The van der Waals surface area contributed by atoms with Crippen molar-refractivity contribution in [1.82, 2.24) is 5.48 Å². The molecule has 0 spiro atoms. The largest absolute Gasteiger partial charge is 0.302 e. The summed E-state index contributed by atoms with van der Waals surface area (Å²) in [5.74, 6) is 0. The number of unbranched alkanes of at least 4 members (excludes halogenated alkanes) is 1. The predicted octanol–water partition coefficient (Wildman–Crippen LogP) is 2.64. The topological polar surface area (TPSA) is 21.3 Å². The second-order valence-corrected chi connectivity index (χ2v) is 3.65. The van der Waals surface area contributed by atoms with E-state index in [9.17, 15) is 0 Å². The van der Waals surface area contributed by atoms with Gasteiger partial charge in [0.05, 0.1) is 6.61 Å². The van der Waals surface area contributed by atoms with Crippen LogP contribution in [-0.2, 0) is 4.84 Å². The molecule has 1 N–H and O–H groups in total. The molecule has 0 unspecified atom stereocenters. The molecule has 1 fully saturated rings. The van der Waals surface area contributed by atoms with Crippen LogP contribution in [0.25, 0.3) is 0 Å². The normalized spacial score (nSPS) is 19.8. The average molecular weight is 171 g/mol. The second kappa shape index (κ2) is 6.44. The van der Waals surface area contributed by atoms with Gasteiger partial charge in [0.15, 0.2) is 0 Å². The Morgan fingerprint density at radius 2 is 2.00 bits per heavy atom. The van der Waals surface area contributed by atoms with Gasteiger partial charge in [-0.2, -0.15) is 5.48 Å². The van der Waals surface area contributed by atoms with E-state index in [4.69, 9.17) is 4.84 Å². The highest BCUT2D eigenvalue weighted by atomic mass is 16.6. The molecule has 2 heteroatoms. The molecule has 1 aliphatic carbocycles. The Kier molecular flexibility index (Phi) is 5.37. The molecule has 12 heavy (non-hydrogen) atoms. The van der Waals surface area contributed by atoms with Crippen LogP contribution in [-0.4, -0.2) is 12.6 Å². The zero-order valence-electron chi connectivity index (χ0n) is 8.14. The highest BCUT2D eigenvalue weighted by Crippen LogP contribution is 2.17. The van der Waals surface area contributed by atoms with Crippen molar-refractivity contribution < 1.29 is 4.84 Å². The summed E-state index contributed by atoms with van der Waals surface area (Å²) < 4.78 is 0. The van der Waals surface area contributed by atoms with Gasteiger partial charge in [-0.1, -0.05) is 32.6 Å². The van der Waals surface area contributed by atoms with Crippen molar-refractivity contribution in [1.29, 1.82) is 0 Å². The van der Waals surface area contributed by atoms with Gasteiger partial charge in [0, 0.05) is 6.04 Å². The lowest BCUT2D eigenvalue weighted by atomic mass is 9.96. The summed E-state index contributed by atoms with van der Waals surface area (Å²) in [6.45, 7) is 3.05. The lowest BCUT2D eigenvalue weighted by Crippen LogP contribution is -2.31. The summed E-state index contributed by atoms with van der Waals surface area (Å²) in [6, 6.07) is 0.635. The fraction of sp³-hybridized carbons (Fsp3) is 1.00. The molecule has 0 bridgehead atoms. The first-order chi connectivity index (χ1) is 5.93. The van der Waals surface area contributed by atoms with E-state index in [-0.39, 0.29) is 0 Å². The van der Waals surface area contributed by atoms with E-state index in [1.807, 2.05) is 0 Å². The van der Waals surface area contributed by atoms with Crippen LogP contribution in [0.4, 0.5) is 0 Å². The van der Waals surface area contributed by atoms with Crippen molar-refractivity contribution in [3.63, 3.8) is 0 Å². The average Bonchev–Trinajstić information content (AvgIpc) is 2.14. The highest BCUT2D eigenvalue weighted by molar-refractivity contribution is 4.67. The molecule has 0 heterocycles. The standard InChI is InChI=1S/C10H21NO/c1-2-3-9-12-11-10-7-5-4-6-8-10/h10-11H,2-9H2,1H3. The Hall–Kier alpha value is -0.0800. The molecule has 0 amide bonds. The number of rotatable bonds is 5. The minimum absolute atomic E-state index is 0.635. The van der Waals surface area contributed by atoms with E-state index >= 15 is 0 Å². The molecule has 0 aliphatic heterocycles. The van der Waals surface area contributed by atoms with Gasteiger partial charge in [0.25, 0.3) is 0 Å². The summed E-state index contributed by atoms with van der Waals surface area (Å²) in [5.41, 5.74) is 3.16. The zero-order valence-corrected chi connectivity index (χ0v) is 8.14. The molecular weight excluding hydrogens is 150 g/mol. The van der Waals surface area contributed by atoms with Crippen molar-refractivity contribution >= 4 is 0 Å². The minimum atomic E-state index is 0.635. The van der Waals surface area contributed by atoms with Gasteiger partial charge in [-0.15, -0.1) is 0 Å². The SMILES string of the molecule is CCCCONC1CCCCC1. The maximum absolute atomic E-state index is 5.36. The third-order valence-electron chi connectivity index (χ3n) is 2.46. The highest BCUT2D eigenvalue weighted by Gasteiger charge is 2.12. The van der Waals surface area contributed by atoms with Gasteiger partial charge in [-0.25, -0.2) is 0 Å². The molecule has 1 rings (SSSR count). The number of nitrogens with one attached hydrogen (secondary N) is 1. The van der Waals surface area contributed by atoms with Crippen LogP contribution < -0.4 is 5.48 Å². The van der Waals surface area contributed by atoms with E-state index < -0.39 is 0 Å². The van der Waals surface area contributed by atoms with Crippen LogP contribution in [0.2, 0.25) is 0 Å². The van der Waals surface area contributed by atoms with Crippen molar-refractivity contribution in [2.24, 2.45) is 0 Å². The third-order valence-corrected chi connectivity index (χ3v) is 2.46. The molecule has 1 aliphatic rings. The van der Waals surface area contributed by atoms with E-state index in [0.717, 1.165) is 6.61 Å². The van der Waals surface area contributed by atoms with Crippen molar-refractivity contribution in [2.75, 3.05) is 6.61 Å². The van der Waals surface area contributed by atoms with Crippen LogP contribution in [0.5, 0.6) is 0 Å². The number of hydrogen-bond donors (Lipinski definition) is 1. The van der Waals surface area contributed by atoms with E-state index in [2.05, 4.69) is 12.4 Å². The lowest BCUT2D eigenvalue weighted by Gasteiger charge is -2.22. The van der Waals surface area contributed by atoms with Gasteiger partial charge >= 0.3 is 0 Å². The van der Waals surface area contributed by atoms with Crippen LogP contribution in [0, 0.1) is 0 Å². The maximum atomic E-state index is 5.36. The van der Waals surface area contributed by atoms with Crippen molar-refractivity contribution in [3.8, 4) is 0 Å². The molecule has 72 valence electrons. The zero-order chi connectivity index (χ0) is 8.65. The summed E-state index contributed by atoms with van der Waals surface area (Å²) in [7, 11) is 0. The van der Waals surface area contributed by atoms with E-state index in [1.165, 1.54) is 44.9 Å². The molecule has 0 aromatic rings. The van der Waals surface area contributed by atoms with Crippen molar-refractivity contribution in [3.05, 3.63) is 0 Å². The second-order valence-electron chi connectivity index (χ2n) is 3.65. The number of hydroxylamine groups is 1. The Bertz CT molecular complexity index is 100. The van der Waals surface area contributed by atoms with Crippen molar-refractivity contribution in [2.45, 2.75) is 57.9 Å². The van der Waals surface area contributed by atoms with Gasteiger partial charge in [0.1, 0.15) is 0 Å². The first-order valence-electron chi connectivity index (χ1n) is 5.31. The molecule has 1 saturated carbocycles. The van der Waals surface area contributed by atoms with E-state index in [0.29, 0.717) is 6.04 Å². The Balaban J connectivity index is 1.91. The minimum Gasteiger partial charge on any atom is -0.302 e. The Labute approximate surface area is 75.6 Å². The van der Waals surface area contributed by atoms with Crippen LogP contribution in [0.3, 0.4) is 0 Å².